The monoisotopic (exact) mass is 248 g/mol. The summed E-state index contributed by atoms with van der Waals surface area (Å²) in [5.41, 5.74) is 0.914. The van der Waals surface area contributed by atoms with Gasteiger partial charge in [0.1, 0.15) is 12.6 Å². The number of amides is 2. The van der Waals surface area contributed by atoms with Gasteiger partial charge in [0, 0.05) is 13.1 Å². The molecule has 1 N–H and O–H groups in total. The average Bonchev–Trinajstić information content (AvgIpc) is 3.21. The van der Waals surface area contributed by atoms with Crippen molar-refractivity contribution < 1.29 is 14.3 Å². The minimum atomic E-state index is -0.568. The standard InChI is InChI=1S/C13H16N2O3/c1-10(12(16)15-7-8-15)14-13(17)18-9-11-5-3-2-4-6-11/h2-6,10H,7-9H2,1H3,(H,14,17)/t10-/m0/s1. The molecule has 1 aromatic rings. The summed E-state index contributed by atoms with van der Waals surface area (Å²) in [5.74, 6) is -0.0633. The Morgan fingerprint density at radius 3 is 2.61 bits per heavy atom. The topological polar surface area (TPSA) is 58.4 Å². The van der Waals surface area contributed by atoms with Gasteiger partial charge in [-0.05, 0) is 12.5 Å². The highest BCUT2D eigenvalue weighted by molar-refractivity contribution is 5.86. The summed E-state index contributed by atoms with van der Waals surface area (Å²) in [4.78, 5) is 24.7. The fourth-order valence-corrected chi connectivity index (χ4v) is 1.55. The van der Waals surface area contributed by atoms with Gasteiger partial charge in [0.15, 0.2) is 0 Å². The Kier molecular flexibility index (Phi) is 3.82. The summed E-state index contributed by atoms with van der Waals surface area (Å²) in [7, 11) is 0. The lowest BCUT2D eigenvalue weighted by molar-refractivity contribution is -0.127. The molecule has 5 nitrogen and oxygen atoms in total. The van der Waals surface area contributed by atoms with E-state index in [2.05, 4.69) is 5.32 Å². The van der Waals surface area contributed by atoms with Crippen molar-refractivity contribution in [3.05, 3.63) is 35.9 Å². The van der Waals surface area contributed by atoms with Crippen molar-refractivity contribution in [1.82, 2.24) is 10.2 Å². The second-order valence-electron chi connectivity index (χ2n) is 4.25. The number of hydrogen-bond donors (Lipinski definition) is 1. The van der Waals surface area contributed by atoms with Gasteiger partial charge < -0.3 is 15.0 Å². The molecular formula is C13H16N2O3. The van der Waals surface area contributed by atoms with E-state index < -0.39 is 12.1 Å². The molecule has 0 radical (unpaired) electrons. The van der Waals surface area contributed by atoms with Crippen molar-refractivity contribution in [1.29, 1.82) is 0 Å². The average molecular weight is 248 g/mol. The van der Waals surface area contributed by atoms with Gasteiger partial charge in [-0.1, -0.05) is 30.3 Å². The Morgan fingerprint density at radius 2 is 2.00 bits per heavy atom. The molecular weight excluding hydrogens is 232 g/mol. The molecule has 0 saturated carbocycles. The molecule has 1 fully saturated rings. The van der Waals surface area contributed by atoms with E-state index in [9.17, 15) is 9.59 Å². The Hall–Kier alpha value is -2.04. The lowest BCUT2D eigenvalue weighted by atomic mass is 10.2. The predicted octanol–water partition coefficient (Wildman–Crippen LogP) is 1.14. The van der Waals surface area contributed by atoms with Crippen LogP contribution in [0, 0.1) is 0 Å². The van der Waals surface area contributed by atoms with Gasteiger partial charge in [-0.2, -0.15) is 0 Å². The molecule has 96 valence electrons. The number of rotatable bonds is 4. The van der Waals surface area contributed by atoms with E-state index in [1.54, 1.807) is 11.8 Å². The van der Waals surface area contributed by atoms with Crippen molar-refractivity contribution in [2.24, 2.45) is 0 Å². The molecule has 0 aliphatic carbocycles. The molecule has 0 spiro atoms. The van der Waals surface area contributed by atoms with Crippen LogP contribution in [-0.2, 0) is 16.1 Å². The molecule has 1 heterocycles. The molecule has 0 aromatic heterocycles. The first-order valence-corrected chi connectivity index (χ1v) is 5.93. The van der Waals surface area contributed by atoms with E-state index in [1.165, 1.54) is 0 Å². The minimum absolute atomic E-state index is 0.0633. The van der Waals surface area contributed by atoms with Crippen molar-refractivity contribution in [3.8, 4) is 0 Å². The molecule has 2 amide bonds. The third-order valence-electron chi connectivity index (χ3n) is 2.68. The van der Waals surface area contributed by atoms with E-state index in [-0.39, 0.29) is 12.5 Å². The zero-order valence-electron chi connectivity index (χ0n) is 10.3. The molecule has 0 bridgehead atoms. The van der Waals surface area contributed by atoms with Gasteiger partial charge in [0.2, 0.25) is 5.91 Å². The van der Waals surface area contributed by atoms with Crippen LogP contribution in [0.1, 0.15) is 12.5 Å². The third-order valence-corrected chi connectivity index (χ3v) is 2.68. The van der Waals surface area contributed by atoms with Crippen molar-refractivity contribution in [2.45, 2.75) is 19.6 Å². The number of alkyl carbamates (subject to hydrolysis) is 1. The molecule has 1 aliphatic rings. The molecule has 1 aliphatic heterocycles. The van der Waals surface area contributed by atoms with Crippen LogP contribution in [0.3, 0.4) is 0 Å². The number of carbonyl (C=O) groups excluding carboxylic acids is 2. The Bertz CT molecular complexity index is 429. The van der Waals surface area contributed by atoms with E-state index in [4.69, 9.17) is 4.74 Å². The third kappa shape index (κ3) is 3.48. The predicted molar refractivity (Wildman–Crippen MR) is 65.8 cm³/mol. The van der Waals surface area contributed by atoms with Crippen LogP contribution < -0.4 is 5.32 Å². The molecule has 1 aromatic carbocycles. The fourth-order valence-electron chi connectivity index (χ4n) is 1.55. The first-order chi connectivity index (χ1) is 8.66. The highest BCUT2D eigenvalue weighted by Gasteiger charge is 2.29. The van der Waals surface area contributed by atoms with Gasteiger partial charge in [0.25, 0.3) is 0 Å². The quantitative estimate of drug-likeness (QED) is 0.813. The molecule has 1 saturated heterocycles. The summed E-state index contributed by atoms with van der Waals surface area (Å²) in [6.45, 7) is 3.43. The van der Waals surface area contributed by atoms with Crippen LogP contribution in [0.4, 0.5) is 4.79 Å². The fraction of sp³-hybridized carbons (Fsp3) is 0.385. The van der Waals surface area contributed by atoms with Gasteiger partial charge in [-0.25, -0.2) is 4.79 Å². The van der Waals surface area contributed by atoms with E-state index in [1.807, 2.05) is 30.3 Å². The van der Waals surface area contributed by atoms with Gasteiger partial charge in [-0.15, -0.1) is 0 Å². The smallest absolute Gasteiger partial charge is 0.408 e. The largest absolute Gasteiger partial charge is 0.445 e. The lowest BCUT2D eigenvalue weighted by Gasteiger charge is -2.13. The van der Waals surface area contributed by atoms with Crippen molar-refractivity contribution >= 4 is 12.0 Å². The summed E-state index contributed by atoms with van der Waals surface area (Å²) in [6.07, 6.45) is -0.568. The lowest BCUT2D eigenvalue weighted by Crippen LogP contribution is -2.41. The van der Waals surface area contributed by atoms with Crippen LogP contribution in [-0.4, -0.2) is 36.0 Å². The van der Waals surface area contributed by atoms with Gasteiger partial charge in [-0.3, -0.25) is 4.79 Å². The molecule has 1 atom stereocenters. The summed E-state index contributed by atoms with van der Waals surface area (Å²) < 4.78 is 5.03. The van der Waals surface area contributed by atoms with Crippen molar-refractivity contribution in [3.63, 3.8) is 0 Å². The number of benzene rings is 1. The first kappa shape index (κ1) is 12.4. The minimum Gasteiger partial charge on any atom is -0.445 e. The first-order valence-electron chi connectivity index (χ1n) is 5.93. The van der Waals surface area contributed by atoms with E-state index in [0.29, 0.717) is 0 Å². The summed E-state index contributed by atoms with van der Waals surface area (Å²) in [6, 6.07) is 8.87. The highest BCUT2D eigenvalue weighted by Crippen LogP contribution is 2.06. The number of nitrogens with one attached hydrogen (secondary N) is 1. The Morgan fingerprint density at radius 1 is 1.33 bits per heavy atom. The van der Waals surface area contributed by atoms with Crippen LogP contribution in [0.5, 0.6) is 0 Å². The van der Waals surface area contributed by atoms with E-state index in [0.717, 1.165) is 18.7 Å². The van der Waals surface area contributed by atoms with E-state index >= 15 is 0 Å². The SMILES string of the molecule is C[C@H](NC(=O)OCc1ccccc1)C(=O)N1CC1. The zero-order chi connectivity index (χ0) is 13.0. The maximum absolute atomic E-state index is 11.6. The molecule has 5 heteroatoms. The maximum atomic E-state index is 11.6. The molecule has 0 unspecified atom stereocenters. The summed E-state index contributed by atoms with van der Waals surface area (Å²) >= 11 is 0. The number of hydrogen-bond acceptors (Lipinski definition) is 3. The molecule has 18 heavy (non-hydrogen) atoms. The van der Waals surface area contributed by atoms with Crippen LogP contribution in [0.2, 0.25) is 0 Å². The number of nitrogens with zero attached hydrogens (tertiary/aromatic N) is 1. The normalized spacial score (nSPS) is 14.8. The second-order valence-corrected chi connectivity index (χ2v) is 4.25. The van der Waals surface area contributed by atoms with Crippen LogP contribution in [0.15, 0.2) is 30.3 Å². The number of ether oxygens (including phenoxy) is 1. The van der Waals surface area contributed by atoms with Crippen LogP contribution >= 0.6 is 0 Å². The van der Waals surface area contributed by atoms with Gasteiger partial charge >= 0.3 is 6.09 Å². The van der Waals surface area contributed by atoms with Gasteiger partial charge in [0.05, 0.1) is 0 Å². The van der Waals surface area contributed by atoms with Crippen LogP contribution in [0.25, 0.3) is 0 Å². The zero-order valence-corrected chi connectivity index (χ0v) is 10.3. The molecule has 2 rings (SSSR count). The number of carbonyl (C=O) groups is 2. The Labute approximate surface area is 106 Å². The maximum Gasteiger partial charge on any atom is 0.408 e. The summed E-state index contributed by atoms with van der Waals surface area (Å²) in [5, 5.41) is 2.52. The van der Waals surface area contributed by atoms with Crippen molar-refractivity contribution in [2.75, 3.05) is 13.1 Å². The highest BCUT2D eigenvalue weighted by atomic mass is 16.5. The Balaban J connectivity index is 1.73. The second kappa shape index (κ2) is 5.53.